The summed E-state index contributed by atoms with van der Waals surface area (Å²) in [6.07, 6.45) is 4.86. The van der Waals surface area contributed by atoms with Crippen LogP contribution in [0.2, 0.25) is 0 Å². The zero-order chi connectivity index (χ0) is 13.9. The third-order valence-electron chi connectivity index (χ3n) is 4.20. The fourth-order valence-corrected chi connectivity index (χ4v) is 3.10. The quantitative estimate of drug-likeness (QED) is 0.899. The number of hydrogen-bond donors (Lipinski definition) is 2. The Labute approximate surface area is 118 Å². The molecule has 2 atom stereocenters. The molecule has 0 radical (unpaired) electrons. The molecular formula is C16H19N3O. The maximum Gasteiger partial charge on any atom is 0.227 e. The highest BCUT2D eigenvalue weighted by Gasteiger charge is 2.32. The van der Waals surface area contributed by atoms with E-state index in [1.807, 2.05) is 30.3 Å². The SMILES string of the molecule is NCC1CCCC1C(=O)Nc1cccc2ncccc12. The summed E-state index contributed by atoms with van der Waals surface area (Å²) in [6.45, 7) is 0.592. The number of rotatable bonds is 3. The molecule has 1 aromatic heterocycles. The van der Waals surface area contributed by atoms with Gasteiger partial charge in [0, 0.05) is 17.5 Å². The van der Waals surface area contributed by atoms with Crippen molar-refractivity contribution in [2.24, 2.45) is 17.6 Å². The van der Waals surface area contributed by atoms with Crippen molar-refractivity contribution in [2.45, 2.75) is 19.3 Å². The number of amides is 1. The van der Waals surface area contributed by atoms with Crippen molar-refractivity contribution < 1.29 is 4.79 Å². The molecule has 2 aromatic rings. The summed E-state index contributed by atoms with van der Waals surface area (Å²) in [5, 5.41) is 4.03. The Hall–Kier alpha value is -1.94. The van der Waals surface area contributed by atoms with Crippen LogP contribution in [0.4, 0.5) is 5.69 Å². The number of aromatic nitrogens is 1. The molecule has 104 valence electrons. The van der Waals surface area contributed by atoms with Gasteiger partial charge in [-0.3, -0.25) is 9.78 Å². The molecule has 0 saturated heterocycles. The number of nitrogens with zero attached hydrogens (tertiary/aromatic N) is 1. The summed E-state index contributed by atoms with van der Waals surface area (Å²) >= 11 is 0. The van der Waals surface area contributed by atoms with Crippen LogP contribution in [0.25, 0.3) is 10.9 Å². The summed E-state index contributed by atoms with van der Waals surface area (Å²) in [4.78, 5) is 16.7. The van der Waals surface area contributed by atoms with E-state index >= 15 is 0 Å². The fourth-order valence-electron chi connectivity index (χ4n) is 3.10. The molecule has 20 heavy (non-hydrogen) atoms. The summed E-state index contributed by atoms with van der Waals surface area (Å²) in [5.74, 6) is 0.462. The lowest BCUT2D eigenvalue weighted by Gasteiger charge is -2.18. The summed E-state index contributed by atoms with van der Waals surface area (Å²) < 4.78 is 0. The first kappa shape index (κ1) is 13.1. The van der Waals surface area contributed by atoms with Crippen LogP contribution in [0.15, 0.2) is 36.5 Å². The number of pyridine rings is 1. The second-order valence-corrected chi connectivity index (χ2v) is 5.40. The molecule has 0 bridgehead atoms. The van der Waals surface area contributed by atoms with Crippen LogP contribution in [0.3, 0.4) is 0 Å². The Bertz CT molecular complexity index is 621. The van der Waals surface area contributed by atoms with Crippen molar-refractivity contribution >= 4 is 22.5 Å². The van der Waals surface area contributed by atoms with Crippen LogP contribution < -0.4 is 11.1 Å². The van der Waals surface area contributed by atoms with Gasteiger partial charge in [0.15, 0.2) is 0 Å². The van der Waals surface area contributed by atoms with E-state index in [2.05, 4.69) is 10.3 Å². The molecular weight excluding hydrogens is 250 g/mol. The van der Waals surface area contributed by atoms with Gasteiger partial charge < -0.3 is 11.1 Å². The van der Waals surface area contributed by atoms with E-state index in [1.54, 1.807) is 6.20 Å². The van der Waals surface area contributed by atoms with E-state index in [0.29, 0.717) is 12.5 Å². The number of carbonyl (C=O) groups excluding carboxylic acids is 1. The standard InChI is InChI=1S/C16H19N3O/c17-10-11-4-1-5-12(11)16(20)19-15-8-2-7-14-13(15)6-3-9-18-14/h2-3,6-9,11-12H,1,4-5,10,17H2,(H,19,20). The van der Waals surface area contributed by atoms with Gasteiger partial charge in [-0.25, -0.2) is 0 Å². The predicted octanol–water partition coefficient (Wildman–Crippen LogP) is 2.55. The van der Waals surface area contributed by atoms with Crippen LogP contribution in [0, 0.1) is 11.8 Å². The average molecular weight is 269 g/mol. The van der Waals surface area contributed by atoms with Crippen molar-refractivity contribution in [1.82, 2.24) is 4.98 Å². The normalized spacial score (nSPS) is 22.1. The van der Waals surface area contributed by atoms with Gasteiger partial charge >= 0.3 is 0 Å². The van der Waals surface area contributed by atoms with Crippen molar-refractivity contribution in [3.8, 4) is 0 Å². The summed E-state index contributed by atoms with van der Waals surface area (Å²) in [6, 6.07) is 9.65. The molecule has 4 nitrogen and oxygen atoms in total. The van der Waals surface area contributed by atoms with Crippen LogP contribution in [0.1, 0.15) is 19.3 Å². The lowest BCUT2D eigenvalue weighted by molar-refractivity contribution is -0.120. The highest BCUT2D eigenvalue weighted by Crippen LogP contribution is 2.32. The lowest BCUT2D eigenvalue weighted by atomic mass is 9.95. The van der Waals surface area contributed by atoms with Gasteiger partial charge in [0.25, 0.3) is 0 Å². The monoisotopic (exact) mass is 269 g/mol. The molecule has 1 saturated carbocycles. The second kappa shape index (κ2) is 5.59. The van der Waals surface area contributed by atoms with Crippen LogP contribution in [0.5, 0.6) is 0 Å². The first-order valence-corrected chi connectivity index (χ1v) is 7.14. The van der Waals surface area contributed by atoms with E-state index < -0.39 is 0 Å². The van der Waals surface area contributed by atoms with E-state index in [-0.39, 0.29) is 11.8 Å². The zero-order valence-corrected chi connectivity index (χ0v) is 11.4. The van der Waals surface area contributed by atoms with Gasteiger partial charge in [-0.2, -0.15) is 0 Å². The molecule has 1 amide bonds. The van der Waals surface area contributed by atoms with Crippen molar-refractivity contribution in [2.75, 3.05) is 11.9 Å². The fraction of sp³-hybridized carbons (Fsp3) is 0.375. The Morgan fingerprint density at radius 3 is 3.05 bits per heavy atom. The second-order valence-electron chi connectivity index (χ2n) is 5.40. The number of nitrogens with one attached hydrogen (secondary N) is 1. The molecule has 1 fully saturated rings. The van der Waals surface area contributed by atoms with Gasteiger partial charge in [0.1, 0.15) is 0 Å². The highest BCUT2D eigenvalue weighted by atomic mass is 16.1. The van der Waals surface area contributed by atoms with Gasteiger partial charge in [0.2, 0.25) is 5.91 Å². The van der Waals surface area contributed by atoms with E-state index in [1.165, 1.54) is 0 Å². The predicted molar refractivity (Wildman–Crippen MR) is 80.3 cm³/mol. The Morgan fingerprint density at radius 2 is 2.20 bits per heavy atom. The van der Waals surface area contributed by atoms with Crippen LogP contribution in [-0.4, -0.2) is 17.4 Å². The molecule has 3 rings (SSSR count). The van der Waals surface area contributed by atoms with Gasteiger partial charge in [0.05, 0.1) is 11.2 Å². The summed E-state index contributed by atoms with van der Waals surface area (Å²) in [5.41, 5.74) is 7.49. The molecule has 1 heterocycles. The highest BCUT2D eigenvalue weighted by molar-refractivity contribution is 6.01. The van der Waals surface area contributed by atoms with Crippen LogP contribution in [-0.2, 0) is 4.79 Å². The Balaban J connectivity index is 1.84. The first-order valence-electron chi connectivity index (χ1n) is 7.14. The molecule has 4 heteroatoms. The van der Waals surface area contributed by atoms with Crippen molar-refractivity contribution in [3.63, 3.8) is 0 Å². The third kappa shape index (κ3) is 2.39. The number of anilines is 1. The smallest absolute Gasteiger partial charge is 0.227 e. The minimum atomic E-state index is 0.0481. The number of carbonyl (C=O) groups is 1. The minimum Gasteiger partial charge on any atom is -0.330 e. The Kier molecular flexibility index (Phi) is 3.65. The molecule has 1 aromatic carbocycles. The molecule has 1 aliphatic rings. The first-order chi connectivity index (χ1) is 9.79. The molecule has 2 unspecified atom stereocenters. The van der Waals surface area contributed by atoms with E-state index in [4.69, 9.17) is 5.73 Å². The van der Waals surface area contributed by atoms with Gasteiger partial charge in [-0.05, 0) is 49.6 Å². The van der Waals surface area contributed by atoms with Crippen molar-refractivity contribution in [3.05, 3.63) is 36.5 Å². The molecule has 3 N–H and O–H groups in total. The number of fused-ring (bicyclic) bond motifs is 1. The maximum absolute atomic E-state index is 12.4. The number of nitrogens with two attached hydrogens (primary N) is 1. The van der Waals surface area contributed by atoms with Gasteiger partial charge in [-0.15, -0.1) is 0 Å². The molecule has 0 aliphatic heterocycles. The van der Waals surface area contributed by atoms with Crippen molar-refractivity contribution in [1.29, 1.82) is 0 Å². The maximum atomic E-state index is 12.4. The lowest BCUT2D eigenvalue weighted by Crippen LogP contribution is -2.29. The molecule has 1 aliphatic carbocycles. The van der Waals surface area contributed by atoms with E-state index in [0.717, 1.165) is 35.9 Å². The van der Waals surface area contributed by atoms with Gasteiger partial charge in [-0.1, -0.05) is 12.5 Å². The Morgan fingerprint density at radius 1 is 1.30 bits per heavy atom. The van der Waals surface area contributed by atoms with E-state index in [9.17, 15) is 4.79 Å². The third-order valence-corrected chi connectivity index (χ3v) is 4.20. The molecule has 0 spiro atoms. The average Bonchev–Trinajstić information content (AvgIpc) is 2.96. The topological polar surface area (TPSA) is 68.0 Å². The summed E-state index contributed by atoms with van der Waals surface area (Å²) in [7, 11) is 0. The largest absolute Gasteiger partial charge is 0.330 e. The number of benzene rings is 1. The minimum absolute atomic E-state index is 0.0481. The number of hydrogen-bond acceptors (Lipinski definition) is 3. The van der Waals surface area contributed by atoms with Crippen LogP contribution >= 0.6 is 0 Å². The zero-order valence-electron chi connectivity index (χ0n) is 11.4.